The van der Waals surface area contributed by atoms with Crippen molar-refractivity contribution in [1.29, 1.82) is 0 Å². The molecule has 18 heavy (non-hydrogen) atoms. The smallest absolute Gasteiger partial charge is 0.403 e. The third kappa shape index (κ3) is 2.81. The Hall–Kier alpha value is -0.315. The molecule has 0 unspecified atom stereocenters. The molecule has 98 valence electrons. The van der Waals surface area contributed by atoms with Crippen LogP contribution in [0.15, 0.2) is 24.3 Å². The van der Waals surface area contributed by atoms with Crippen molar-refractivity contribution in [2.75, 3.05) is 0 Å². The van der Waals surface area contributed by atoms with Crippen molar-refractivity contribution in [1.82, 2.24) is 0 Å². The second-order valence-electron chi connectivity index (χ2n) is 5.84. The minimum atomic E-state index is -0.243. The van der Waals surface area contributed by atoms with E-state index in [9.17, 15) is 0 Å². The summed E-state index contributed by atoms with van der Waals surface area (Å²) < 4.78 is 12.0. The lowest BCUT2D eigenvalue weighted by Gasteiger charge is -2.32. The van der Waals surface area contributed by atoms with Crippen LogP contribution in [-0.2, 0) is 21.0 Å². The normalized spacial score (nSPS) is 21.3. The highest BCUT2D eigenvalue weighted by Gasteiger charge is 2.50. The summed E-state index contributed by atoms with van der Waals surface area (Å²) in [6, 6.07) is 8.55. The van der Waals surface area contributed by atoms with Crippen LogP contribution in [0.1, 0.15) is 38.8 Å². The molecule has 2 nitrogen and oxygen atoms in total. The fourth-order valence-electron chi connectivity index (χ4n) is 2.01. The lowest BCUT2D eigenvalue weighted by Crippen LogP contribution is -2.41. The zero-order valence-electron chi connectivity index (χ0n) is 11.5. The van der Waals surface area contributed by atoms with E-state index in [1.165, 1.54) is 11.1 Å². The molecule has 4 heteroatoms. The van der Waals surface area contributed by atoms with E-state index >= 15 is 0 Å². The number of rotatable bonds is 3. The molecule has 0 aromatic heterocycles. The lowest BCUT2D eigenvalue weighted by atomic mass is 9.80. The molecule has 1 aromatic carbocycles. The molecular formula is C14H20BBrO2. The first-order chi connectivity index (χ1) is 8.34. The van der Waals surface area contributed by atoms with Crippen molar-refractivity contribution in [2.24, 2.45) is 0 Å². The maximum absolute atomic E-state index is 5.99. The Morgan fingerprint density at radius 3 is 1.83 bits per heavy atom. The van der Waals surface area contributed by atoms with Gasteiger partial charge in [0.25, 0.3) is 0 Å². The van der Waals surface area contributed by atoms with E-state index < -0.39 is 0 Å². The standard InChI is InChI=1S/C14H20BBrO2/c1-13(2)14(3,4)18-15(17-13)9-11-5-7-12(10-16)8-6-11/h5-8H,9-10H2,1-4H3. The Labute approximate surface area is 118 Å². The summed E-state index contributed by atoms with van der Waals surface area (Å²) in [7, 11) is -0.148. The van der Waals surface area contributed by atoms with Crippen LogP contribution in [0, 0.1) is 0 Å². The molecule has 0 radical (unpaired) electrons. The number of hydrogen-bond donors (Lipinski definition) is 0. The largest absolute Gasteiger partial charge is 0.462 e. The van der Waals surface area contributed by atoms with Gasteiger partial charge in [-0.25, -0.2) is 0 Å². The third-order valence-electron chi connectivity index (χ3n) is 3.88. The zero-order valence-corrected chi connectivity index (χ0v) is 13.1. The van der Waals surface area contributed by atoms with Crippen molar-refractivity contribution in [3.63, 3.8) is 0 Å². The Bertz CT molecular complexity index is 398. The fourth-order valence-corrected chi connectivity index (χ4v) is 2.38. The maximum Gasteiger partial charge on any atom is 0.462 e. The highest BCUT2D eigenvalue weighted by atomic mass is 79.9. The molecular weight excluding hydrogens is 291 g/mol. The van der Waals surface area contributed by atoms with Gasteiger partial charge in [-0.3, -0.25) is 0 Å². The summed E-state index contributed by atoms with van der Waals surface area (Å²) in [5.41, 5.74) is 2.05. The second kappa shape index (κ2) is 4.99. The number of alkyl halides is 1. The monoisotopic (exact) mass is 310 g/mol. The van der Waals surface area contributed by atoms with Crippen molar-refractivity contribution in [3.8, 4) is 0 Å². The molecule has 0 bridgehead atoms. The molecule has 1 aliphatic heterocycles. The molecule has 0 saturated carbocycles. The first kappa shape index (κ1) is 14.1. The third-order valence-corrected chi connectivity index (χ3v) is 4.53. The average Bonchev–Trinajstić information content (AvgIpc) is 2.48. The highest BCUT2D eigenvalue weighted by molar-refractivity contribution is 9.08. The van der Waals surface area contributed by atoms with Crippen molar-refractivity contribution < 1.29 is 9.31 Å². The van der Waals surface area contributed by atoms with Gasteiger partial charge in [0.05, 0.1) is 11.2 Å². The Morgan fingerprint density at radius 1 is 0.944 bits per heavy atom. The molecule has 1 heterocycles. The fraction of sp³-hybridized carbons (Fsp3) is 0.571. The van der Waals surface area contributed by atoms with E-state index in [1.807, 2.05) is 0 Å². The van der Waals surface area contributed by atoms with Crippen LogP contribution in [0.5, 0.6) is 0 Å². The minimum absolute atomic E-state index is 0.148. The second-order valence-corrected chi connectivity index (χ2v) is 6.40. The van der Waals surface area contributed by atoms with Gasteiger partial charge in [-0.2, -0.15) is 0 Å². The quantitative estimate of drug-likeness (QED) is 0.625. The van der Waals surface area contributed by atoms with Crippen LogP contribution in [0.3, 0.4) is 0 Å². The van der Waals surface area contributed by atoms with Gasteiger partial charge in [0.15, 0.2) is 0 Å². The zero-order chi connectivity index (χ0) is 13.4. The first-order valence-electron chi connectivity index (χ1n) is 6.33. The molecule has 0 N–H and O–H groups in total. The van der Waals surface area contributed by atoms with Crippen LogP contribution >= 0.6 is 15.9 Å². The number of hydrogen-bond acceptors (Lipinski definition) is 2. The molecule has 1 saturated heterocycles. The first-order valence-corrected chi connectivity index (χ1v) is 7.46. The van der Waals surface area contributed by atoms with E-state index in [2.05, 4.69) is 67.9 Å². The lowest BCUT2D eigenvalue weighted by molar-refractivity contribution is 0.00578. The Kier molecular flexibility index (Phi) is 3.91. The van der Waals surface area contributed by atoms with E-state index in [0.717, 1.165) is 11.7 Å². The van der Waals surface area contributed by atoms with Gasteiger partial charge in [0.2, 0.25) is 0 Å². The van der Waals surface area contributed by atoms with E-state index in [4.69, 9.17) is 9.31 Å². The van der Waals surface area contributed by atoms with Gasteiger partial charge < -0.3 is 9.31 Å². The number of benzene rings is 1. The SMILES string of the molecule is CC1(C)OB(Cc2ccc(CBr)cc2)OC1(C)C. The summed E-state index contributed by atoms with van der Waals surface area (Å²) in [6.07, 6.45) is 0.801. The maximum atomic E-state index is 5.99. The molecule has 1 aliphatic rings. The molecule has 2 rings (SSSR count). The van der Waals surface area contributed by atoms with Gasteiger partial charge in [-0.1, -0.05) is 40.2 Å². The van der Waals surface area contributed by atoms with Crippen molar-refractivity contribution in [2.45, 2.75) is 50.5 Å². The minimum Gasteiger partial charge on any atom is -0.403 e. The highest BCUT2D eigenvalue weighted by Crippen LogP contribution is 2.37. The molecule has 0 amide bonds. The molecule has 0 aliphatic carbocycles. The van der Waals surface area contributed by atoms with E-state index in [0.29, 0.717) is 0 Å². The van der Waals surface area contributed by atoms with Crippen LogP contribution in [0.4, 0.5) is 0 Å². The summed E-state index contributed by atoms with van der Waals surface area (Å²) in [6.45, 7) is 8.34. The van der Waals surface area contributed by atoms with Crippen LogP contribution in [0.25, 0.3) is 0 Å². The van der Waals surface area contributed by atoms with Crippen LogP contribution in [-0.4, -0.2) is 18.3 Å². The summed E-state index contributed by atoms with van der Waals surface area (Å²) >= 11 is 3.45. The predicted octanol–water partition coefficient (Wildman–Crippen LogP) is 3.76. The van der Waals surface area contributed by atoms with Gasteiger partial charge in [-0.05, 0) is 38.8 Å². The van der Waals surface area contributed by atoms with Gasteiger partial charge in [-0.15, -0.1) is 0 Å². The van der Waals surface area contributed by atoms with Gasteiger partial charge in [0.1, 0.15) is 0 Å². The predicted molar refractivity (Wildman–Crippen MR) is 78.9 cm³/mol. The molecule has 0 spiro atoms. The number of halogens is 1. The summed E-state index contributed by atoms with van der Waals surface area (Å²) in [4.78, 5) is 0. The van der Waals surface area contributed by atoms with E-state index in [1.54, 1.807) is 0 Å². The molecule has 1 aromatic rings. The van der Waals surface area contributed by atoms with Crippen molar-refractivity contribution in [3.05, 3.63) is 35.4 Å². The summed E-state index contributed by atoms with van der Waals surface area (Å²) in [5, 5.41) is 0.893. The Balaban J connectivity index is 2.03. The van der Waals surface area contributed by atoms with Gasteiger partial charge in [0, 0.05) is 11.7 Å². The van der Waals surface area contributed by atoms with E-state index in [-0.39, 0.29) is 18.3 Å². The van der Waals surface area contributed by atoms with Gasteiger partial charge >= 0.3 is 7.12 Å². The Morgan fingerprint density at radius 2 is 1.39 bits per heavy atom. The van der Waals surface area contributed by atoms with Crippen LogP contribution in [0.2, 0.25) is 0 Å². The van der Waals surface area contributed by atoms with Crippen molar-refractivity contribution >= 4 is 23.0 Å². The van der Waals surface area contributed by atoms with Crippen LogP contribution < -0.4 is 0 Å². The molecule has 1 fully saturated rings. The average molecular weight is 311 g/mol. The molecule has 0 atom stereocenters. The summed E-state index contributed by atoms with van der Waals surface area (Å²) in [5.74, 6) is 0. The topological polar surface area (TPSA) is 18.5 Å².